The molecule has 140 valence electrons. The van der Waals surface area contributed by atoms with E-state index in [4.69, 9.17) is 27.6 Å². The van der Waals surface area contributed by atoms with Gasteiger partial charge in [-0.25, -0.2) is 0 Å². The number of rotatable bonds is 4. The van der Waals surface area contributed by atoms with Crippen LogP contribution in [0.3, 0.4) is 0 Å². The lowest BCUT2D eigenvalue weighted by atomic mass is 10.2. The number of benzene rings is 2. The normalized spacial score (nSPS) is 16.5. The highest BCUT2D eigenvalue weighted by molar-refractivity contribution is 6.31. The molecular formula is C20H20Cl2N4O. The lowest BCUT2D eigenvalue weighted by Crippen LogP contribution is -2.47. The van der Waals surface area contributed by atoms with Gasteiger partial charge in [-0.1, -0.05) is 35.3 Å². The third-order valence-electron chi connectivity index (χ3n) is 4.90. The molecule has 0 bridgehead atoms. The van der Waals surface area contributed by atoms with Gasteiger partial charge in [-0.15, -0.1) is 10.2 Å². The van der Waals surface area contributed by atoms with Crippen molar-refractivity contribution in [1.82, 2.24) is 15.1 Å². The maximum Gasteiger partial charge on any atom is 0.247 e. The van der Waals surface area contributed by atoms with E-state index in [-0.39, 0.29) is 6.04 Å². The minimum Gasteiger partial charge on any atom is -0.419 e. The van der Waals surface area contributed by atoms with Crippen LogP contribution in [0.1, 0.15) is 18.9 Å². The zero-order chi connectivity index (χ0) is 18.8. The summed E-state index contributed by atoms with van der Waals surface area (Å²) in [4.78, 5) is 4.70. The number of aromatic nitrogens is 2. The largest absolute Gasteiger partial charge is 0.419 e. The second-order valence-corrected chi connectivity index (χ2v) is 7.51. The Balaban J connectivity index is 1.42. The van der Waals surface area contributed by atoms with Crippen LogP contribution in [-0.4, -0.2) is 41.3 Å². The monoisotopic (exact) mass is 402 g/mol. The van der Waals surface area contributed by atoms with Gasteiger partial charge in [0, 0.05) is 47.5 Å². The molecule has 1 aromatic heterocycles. The highest BCUT2D eigenvalue weighted by Gasteiger charge is 2.26. The molecule has 0 amide bonds. The Hall–Kier alpha value is -2.08. The lowest BCUT2D eigenvalue weighted by molar-refractivity contribution is 0.174. The molecule has 0 unspecified atom stereocenters. The van der Waals surface area contributed by atoms with Crippen molar-refractivity contribution >= 4 is 28.9 Å². The lowest BCUT2D eigenvalue weighted by Gasteiger charge is -2.38. The Kier molecular flexibility index (Phi) is 5.34. The molecule has 27 heavy (non-hydrogen) atoms. The van der Waals surface area contributed by atoms with E-state index in [1.54, 1.807) is 0 Å². The summed E-state index contributed by atoms with van der Waals surface area (Å²) in [5, 5.41) is 9.86. The third-order valence-corrected chi connectivity index (χ3v) is 5.38. The third kappa shape index (κ3) is 4.10. The van der Waals surface area contributed by atoms with E-state index < -0.39 is 0 Å². The second kappa shape index (κ2) is 7.89. The molecule has 1 fully saturated rings. The first-order valence-corrected chi connectivity index (χ1v) is 9.69. The van der Waals surface area contributed by atoms with Crippen molar-refractivity contribution in [3.05, 3.63) is 64.5 Å². The Labute approximate surface area is 168 Å². The van der Waals surface area contributed by atoms with Crippen LogP contribution in [0.15, 0.2) is 52.9 Å². The van der Waals surface area contributed by atoms with Crippen molar-refractivity contribution in [1.29, 1.82) is 0 Å². The molecule has 2 aromatic carbocycles. The van der Waals surface area contributed by atoms with Crippen LogP contribution in [-0.2, 0) is 0 Å². The Morgan fingerprint density at radius 1 is 0.926 bits per heavy atom. The van der Waals surface area contributed by atoms with Gasteiger partial charge in [-0.05, 0) is 43.3 Å². The molecule has 2 heterocycles. The molecule has 1 aliphatic rings. The molecule has 4 rings (SSSR count). The Morgan fingerprint density at radius 2 is 1.63 bits per heavy atom. The summed E-state index contributed by atoms with van der Waals surface area (Å²) >= 11 is 12.2. The van der Waals surface area contributed by atoms with Crippen LogP contribution in [0.2, 0.25) is 10.0 Å². The number of piperazine rings is 1. The van der Waals surface area contributed by atoms with E-state index in [1.807, 2.05) is 42.5 Å². The van der Waals surface area contributed by atoms with E-state index >= 15 is 0 Å². The van der Waals surface area contributed by atoms with Gasteiger partial charge < -0.3 is 9.32 Å². The summed E-state index contributed by atoms with van der Waals surface area (Å²) < 4.78 is 5.91. The van der Waals surface area contributed by atoms with Crippen molar-refractivity contribution in [2.45, 2.75) is 13.0 Å². The fraction of sp³-hybridized carbons (Fsp3) is 0.300. The van der Waals surface area contributed by atoms with Crippen LogP contribution < -0.4 is 4.90 Å². The van der Waals surface area contributed by atoms with Gasteiger partial charge in [0.2, 0.25) is 11.8 Å². The first kappa shape index (κ1) is 18.3. The minimum absolute atomic E-state index is 0.0620. The summed E-state index contributed by atoms with van der Waals surface area (Å²) in [6.45, 7) is 5.80. The summed E-state index contributed by atoms with van der Waals surface area (Å²) in [6.07, 6.45) is 0. The summed E-state index contributed by atoms with van der Waals surface area (Å²) in [6, 6.07) is 15.5. The van der Waals surface area contributed by atoms with Crippen molar-refractivity contribution in [2.24, 2.45) is 0 Å². The van der Waals surface area contributed by atoms with Gasteiger partial charge in [0.15, 0.2) is 0 Å². The van der Waals surface area contributed by atoms with Gasteiger partial charge in [-0.3, -0.25) is 4.90 Å². The average Bonchev–Trinajstić information content (AvgIpc) is 3.18. The van der Waals surface area contributed by atoms with Gasteiger partial charge >= 0.3 is 0 Å². The van der Waals surface area contributed by atoms with E-state index in [9.17, 15) is 0 Å². The smallest absolute Gasteiger partial charge is 0.247 e. The molecule has 1 atom stereocenters. The summed E-state index contributed by atoms with van der Waals surface area (Å²) in [5.74, 6) is 1.12. The van der Waals surface area contributed by atoms with Crippen molar-refractivity contribution in [3.8, 4) is 11.5 Å². The first-order valence-electron chi connectivity index (χ1n) is 8.94. The van der Waals surface area contributed by atoms with Crippen molar-refractivity contribution < 1.29 is 4.42 Å². The number of hydrogen-bond donors (Lipinski definition) is 0. The van der Waals surface area contributed by atoms with Crippen molar-refractivity contribution in [3.63, 3.8) is 0 Å². The van der Waals surface area contributed by atoms with Crippen LogP contribution >= 0.6 is 23.2 Å². The van der Waals surface area contributed by atoms with Gasteiger partial charge in [0.05, 0.1) is 6.04 Å². The number of hydrogen-bond acceptors (Lipinski definition) is 5. The number of halogens is 2. The molecule has 0 N–H and O–H groups in total. The quantitative estimate of drug-likeness (QED) is 0.618. The van der Waals surface area contributed by atoms with Crippen LogP contribution in [0.25, 0.3) is 11.5 Å². The molecule has 3 aromatic rings. The Bertz CT molecular complexity index is 922. The maximum absolute atomic E-state index is 6.11. The fourth-order valence-corrected chi connectivity index (χ4v) is 3.71. The van der Waals surface area contributed by atoms with E-state index in [0.29, 0.717) is 16.8 Å². The molecular weight excluding hydrogens is 383 g/mol. The first-order chi connectivity index (χ1) is 13.1. The van der Waals surface area contributed by atoms with E-state index in [1.165, 1.54) is 0 Å². The Morgan fingerprint density at radius 3 is 2.33 bits per heavy atom. The SMILES string of the molecule is C[C@H](c1nnc(-c2cccc(Cl)c2)o1)N1CCN(c2cccc(Cl)c2)CC1. The van der Waals surface area contributed by atoms with Gasteiger partial charge in [0.1, 0.15) is 0 Å². The predicted molar refractivity (Wildman–Crippen MR) is 108 cm³/mol. The molecule has 1 saturated heterocycles. The van der Waals surface area contributed by atoms with E-state index in [2.05, 4.69) is 33.0 Å². The molecule has 0 saturated carbocycles. The highest BCUT2D eigenvalue weighted by Crippen LogP contribution is 2.27. The van der Waals surface area contributed by atoms with Crippen LogP contribution in [0, 0.1) is 0 Å². The standard InChI is InChI=1S/C20H20Cl2N4O/c1-14(19-23-24-20(27-19)15-4-2-5-16(21)12-15)25-8-10-26(11-9-25)18-7-3-6-17(22)13-18/h2-7,12-14H,8-11H2,1H3/t14-/m1/s1. The molecule has 1 aliphatic heterocycles. The number of anilines is 1. The second-order valence-electron chi connectivity index (χ2n) is 6.63. The summed E-state index contributed by atoms with van der Waals surface area (Å²) in [7, 11) is 0. The van der Waals surface area contributed by atoms with Gasteiger partial charge in [-0.2, -0.15) is 0 Å². The van der Waals surface area contributed by atoms with E-state index in [0.717, 1.165) is 42.5 Å². The predicted octanol–water partition coefficient (Wildman–Crippen LogP) is 4.93. The average molecular weight is 403 g/mol. The molecule has 0 radical (unpaired) electrons. The topological polar surface area (TPSA) is 45.4 Å². The number of nitrogens with zero attached hydrogens (tertiary/aromatic N) is 4. The van der Waals surface area contributed by atoms with Crippen LogP contribution in [0.4, 0.5) is 5.69 Å². The maximum atomic E-state index is 6.11. The zero-order valence-electron chi connectivity index (χ0n) is 15.0. The molecule has 0 aliphatic carbocycles. The highest BCUT2D eigenvalue weighted by atomic mass is 35.5. The van der Waals surface area contributed by atoms with Crippen LogP contribution in [0.5, 0.6) is 0 Å². The minimum atomic E-state index is 0.0620. The summed E-state index contributed by atoms with van der Waals surface area (Å²) in [5.41, 5.74) is 2.00. The van der Waals surface area contributed by atoms with Gasteiger partial charge in [0.25, 0.3) is 0 Å². The molecule has 7 heteroatoms. The molecule has 0 spiro atoms. The zero-order valence-corrected chi connectivity index (χ0v) is 16.5. The van der Waals surface area contributed by atoms with Crippen molar-refractivity contribution in [2.75, 3.05) is 31.1 Å². The molecule has 5 nitrogen and oxygen atoms in total. The fourth-order valence-electron chi connectivity index (χ4n) is 3.34.